The lowest BCUT2D eigenvalue weighted by molar-refractivity contribution is -0.129. The molecule has 3 atom stereocenters. The molecular formula is C26H32N6O5S. The van der Waals surface area contributed by atoms with Crippen LogP contribution in [0.1, 0.15) is 19.5 Å². The zero-order valence-corrected chi connectivity index (χ0v) is 22.8. The van der Waals surface area contributed by atoms with Crippen molar-refractivity contribution >= 4 is 49.8 Å². The van der Waals surface area contributed by atoms with E-state index in [1.165, 1.54) is 9.80 Å². The van der Waals surface area contributed by atoms with E-state index in [9.17, 15) is 22.8 Å². The second kappa shape index (κ2) is 10.5. The first-order chi connectivity index (χ1) is 17.9. The number of carbonyl (C=O) groups excluding carboxylic acids is 3. The molecule has 1 aromatic heterocycles. The topological polar surface area (TPSA) is 134 Å². The van der Waals surface area contributed by atoms with E-state index in [4.69, 9.17) is 0 Å². The molecular weight excluding hydrogens is 508 g/mol. The molecule has 2 heterocycles. The van der Waals surface area contributed by atoms with Crippen LogP contribution in [0.2, 0.25) is 0 Å². The quantitative estimate of drug-likeness (QED) is 0.456. The van der Waals surface area contributed by atoms with Crippen LogP contribution in [0.5, 0.6) is 0 Å². The third kappa shape index (κ3) is 5.27. The minimum absolute atomic E-state index is 0.0754. The fraction of sp³-hybridized carbons (Fsp3) is 0.385. The van der Waals surface area contributed by atoms with Crippen LogP contribution in [0.4, 0.5) is 11.4 Å². The van der Waals surface area contributed by atoms with Gasteiger partial charge in [-0.1, -0.05) is 30.3 Å². The van der Waals surface area contributed by atoms with E-state index < -0.39 is 51.4 Å². The zero-order chi connectivity index (χ0) is 27.8. The maximum atomic E-state index is 14.2. The first-order valence-corrected chi connectivity index (χ1v) is 14.3. The molecule has 12 heteroatoms. The van der Waals surface area contributed by atoms with Crippen molar-refractivity contribution in [1.82, 2.24) is 20.4 Å². The lowest BCUT2D eigenvalue weighted by Crippen LogP contribution is -2.60. The van der Waals surface area contributed by atoms with Crippen molar-refractivity contribution in [2.75, 3.05) is 28.9 Å². The van der Waals surface area contributed by atoms with E-state index in [2.05, 4.69) is 15.7 Å². The van der Waals surface area contributed by atoms with Crippen LogP contribution in [-0.2, 0) is 37.8 Å². The average Bonchev–Trinajstić information content (AvgIpc) is 3.15. The summed E-state index contributed by atoms with van der Waals surface area (Å²) in [6, 6.07) is 11.8. The summed E-state index contributed by atoms with van der Waals surface area (Å²) in [4.78, 5) is 43.3. The fourth-order valence-corrected chi connectivity index (χ4v) is 5.31. The summed E-state index contributed by atoms with van der Waals surface area (Å²) in [5.41, 5.74) is 2.33. The molecule has 1 aliphatic heterocycles. The maximum Gasteiger partial charge on any atom is 0.252 e. The molecule has 202 valence electrons. The number of aryl methyl sites for hydroxylation is 1. The number of likely N-dealkylation sites (N-methyl/N-ethyl adjacent to an activating group) is 1. The predicted octanol–water partition coefficient (Wildman–Crippen LogP) is 0.979. The van der Waals surface area contributed by atoms with Gasteiger partial charge in [0.05, 0.1) is 41.2 Å². The van der Waals surface area contributed by atoms with E-state index in [0.29, 0.717) is 17.1 Å². The summed E-state index contributed by atoms with van der Waals surface area (Å²) in [6.07, 6.45) is 0.983. The standard InChI is InChI=1S/C26H32N6O5S/c1-16(27-3)25(34)28-24-17(2)32(23(33)15-38(5,36)37)22-13-9-8-12-21(22)31(26(24)35)14-19-18-10-6-7-11-20(18)30(4)29-19/h6-13,16-17,24,27H,14-15H2,1-5H3,(H,28,34). The maximum absolute atomic E-state index is 14.2. The first kappa shape index (κ1) is 27.3. The minimum Gasteiger partial charge on any atom is -0.341 e. The Morgan fingerprint density at radius 3 is 2.37 bits per heavy atom. The molecule has 3 aromatic rings. The predicted molar refractivity (Wildman–Crippen MR) is 145 cm³/mol. The largest absolute Gasteiger partial charge is 0.341 e. The van der Waals surface area contributed by atoms with Crippen LogP contribution in [-0.4, -0.2) is 73.1 Å². The highest BCUT2D eigenvalue weighted by Crippen LogP contribution is 2.37. The lowest BCUT2D eigenvalue weighted by atomic mass is 10.1. The smallest absolute Gasteiger partial charge is 0.252 e. The van der Waals surface area contributed by atoms with E-state index in [0.717, 1.165) is 17.2 Å². The number of aromatic nitrogens is 2. The number of hydrogen-bond donors (Lipinski definition) is 2. The van der Waals surface area contributed by atoms with Crippen LogP contribution in [0.25, 0.3) is 10.9 Å². The van der Waals surface area contributed by atoms with E-state index >= 15 is 0 Å². The van der Waals surface area contributed by atoms with Gasteiger partial charge < -0.3 is 20.4 Å². The van der Waals surface area contributed by atoms with Crippen molar-refractivity contribution in [2.24, 2.45) is 7.05 Å². The Bertz CT molecular complexity index is 1500. The number of para-hydroxylation sites is 3. The molecule has 0 aliphatic carbocycles. The Balaban J connectivity index is 1.87. The molecule has 3 unspecified atom stereocenters. The van der Waals surface area contributed by atoms with Gasteiger partial charge in [-0.2, -0.15) is 5.10 Å². The van der Waals surface area contributed by atoms with Gasteiger partial charge in [-0.3, -0.25) is 19.1 Å². The number of hydrogen-bond acceptors (Lipinski definition) is 7. The number of nitrogens with zero attached hydrogens (tertiary/aromatic N) is 4. The molecule has 0 saturated carbocycles. The third-order valence-corrected chi connectivity index (χ3v) is 7.55. The molecule has 1 aliphatic rings. The van der Waals surface area contributed by atoms with E-state index in [1.54, 1.807) is 49.8 Å². The monoisotopic (exact) mass is 540 g/mol. The molecule has 3 amide bonds. The molecule has 0 radical (unpaired) electrons. The SMILES string of the molecule is CNC(C)C(=O)NC1C(=O)N(Cc2nn(C)c3ccccc23)c2ccccc2N(C(=O)CS(C)(=O)=O)C1C. The van der Waals surface area contributed by atoms with Gasteiger partial charge in [-0.05, 0) is 39.1 Å². The molecule has 38 heavy (non-hydrogen) atoms. The van der Waals surface area contributed by atoms with Crippen molar-refractivity contribution in [3.63, 3.8) is 0 Å². The Kier molecular flexibility index (Phi) is 7.56. The van der Waals surface area contributed by atoms with Gasteiger partial charge in [0, 0.05) is 18.7 Å². The van der Waals surface area contributed by atoms with Gasteiger partial charge in [0.15, 0.2) is 9.84 Å². The summed E-state index contributed by atoms with van der Waals surface area (Å²) >= 11 is 0. The molecule has 0 bridgehead atoms. The summed E-state index contributed by atoms with van der Waals surface area (Å²) in [6.45, 7) is 3.36. The highest BCUT2D eigenvalue weighted by Gasteiger charge is 2.43. The molecule has 0 fully saturated rings. The van der Waals surface area contributed by atoms with Crippen molar-refractivity contribution in [1.29, 1.82) is 0 Å². The van der Waals surface area contributed by atoms with Crippen molar-refractivity contribution < 1.29 is 22.8 Å². The summed E-state index contributed by atoms with van der Waals surface area (Å²) < 4.78 is 25.9. The number of nitrogens with one attached hydrogen (secondary N) is 2. The third-order valence-electron chi connectivity index (χ3n) is 6.77. The van der Waals surface area contributed by atoms with Gasteiger partial charge in [0.25, 0.3) is 5.91 Å². The van der Waals surface area contributed by atoms with E-state index in [1.807, 2.05) is 31.3 Å². The Hall–Kier alpha value is -3.77. The highest BCUT2D eigenvalue weighted by molar-refractivity contribution is 7.91. The molecule has 4 rings (SSSR count). The number of rotatable bonds is 7. The number of anilines is 2. The normalized spacial score (nSPS) is 18.7. The van der Waals surface area contributed by atoms with Gasteiger partial charge in [-0.25, -0.2) is 8.42 Å². The molecule has 11 nitrogen and oxygen atoms in total. The number of sulfone groups is 1. The molecule has 0 spiro atoms. The Morgan fingerprint density at radius 2 is 1.71 bits per heavy atom. The van der Waals surface area contributed by atoms with Crippen molar-refractivity contribution in [2.45, 2.75) is 38.5 Å². The summed E-state index contributed by atoms with van der Waals surface area (Å²) in [5, 5.41) is 11.1. The average molecular weight is 541 g/mol. The Morgan fingerprint density at radius 1 is 1.08 bits per heavy atom. The lowest BCUT2D eigenvalue weighted by Gasteiger charge is -2.32. The molecule has 2 N–H and O–H groups in total. The van der Waals surface area contributed by atoms with E-state index in [-0.39, 0.29) is 6.54 Å². The van der Waals surface area contributed by atoms with Gasteiger partial charge in [0.2, 0.25) is 11.8 Å². The summed E-state index contributed by atoms with van der Waals surface area (Å²) in [7, 11) is -0.222. The van der Waals surface area contributed by atoms with Crippen molar-refractivity contribution in [3.8, 4) is 0 Å². The Labute approximate surface area is 221 Å². The first-order valence-electron chi connectivity index (χ1n) is 12.2. The number of amides is 3. The van der Waals surface area contributed by atoms with Gasteiger partial charge >= 0.3 is 0 Å². The molecule has 2 aromatic carbocycles. The molecule has 0 saturated heterocycles. The van der Waals surface area contributed by atoms with Gasteiger partial charge in [0.1, 0.15) is 11.8 Å². The fourth-order valence-electron chi connectivity index (χ4n) is 4.72. The number of carbonyl (C=O) groups is 3. The van der Waals surface area contributed by atoms with Crippen LogP contribution in [0.15, 0.2) is 48.5 Å². The van der Waals surface area contributed by atoms with Gasteiger partial charge in [-0.15, -0.1) is 0 Å². The highest BCUT2D eigenvalue weighted by atomic mass is 32.2. The number of fused-ring (bicyclic) bond motifs is 2. The van der Waals surface area contributed by atoms with Crippen LogP contribution in [0, 0.1) is 0 Å². The van der Waals surface area contributed by atoms with Crippen molar-refractivity contribution in [3.05, 3.63) is 54.2 Å². The van der Waals surface area contributed by atoms with Crippen LogP contribution >= 0.6 is 0 Å². The minimum atomic E-state index is -3.67. The number of benzene rings is 2. The zero-order valence-electron chi connectivity index (χ0n) is 22.0. The summed E-state index contributed by atoms with van der Waals surface area (Å²) in [5.74, 6) is -2.29. The van der Waals surface area contributed by atoms with Crippen LogP contribution in [0.3, 0.4) is 0 Å². The second-order valence-electron chi connectivity index (χ2n) is 9.57. The van der Waals surface area contributed by atoms with Crippen LogP contribution < -0.4 is 20.4 Å². The second-order valence-corrected chi connectivity index (χ2v) is 11.7.